The molecular weight excluding hydrogens is 388 g/mol. The Morgan fingerprint density at radius 1 is 1.13 bits per heavy atom. The molecule has 30 heavy (non-hydrogen) atoms. The van der Waals surface area contributed by atoms with Crippen LogP contribution in [-0.4, -0.2) is 24.7 Å². The number of halogens is 2. The highest BCUT2D eigenvalue weighted by molar-refractivity contribution is 5.69. The van der Waals surface area contributed by atoms with Crippen molar-refractivity contribution in [3.8, 4) is 17.0 Å². The lowest BCUT2D eigenvalue weighted by Gasteiger charge is -2.17. The van der Waals surface area contributed by atoms with Crippen molar-refractivity contribution < 1.29 is 13.5 Å². The molecule has 4 aromatic rings. The summed E-state index contributed by atoms with van der Waals surface area (Å²) in [5.74, 6) is -0.847. The van der Waals surface area contributed by atoms with Crippen molar-refractivity contribution in [2.24, 2.45) is 5.73 Å². The molecule has 6 nitrogen and oxygen atoms in total. The van der Waals surface area contributed by atoms with Gasteiger partial charge in [-0.25, -0.2) is 13.8 Å². The minimum absolute atomic E-state index is 0.117. The first-order valence-electron chi connectivity index (χ1n) is 9.58. The quantitative estimate of drug-likeness (QED) is 0.519. The lowest BCUT2D eigenvalue weighted by Crippen LogP contribution is -2.37. The summed E-state index contributed by atoms with van der Waals surface area (Å²) in [6.07, 6.45) is 5.56. The van der Waals surface area contributed by atoms with Crippen molar-refractivity contribution in [2.45, 2.75) is 39.5 Å². The normalized spacial score (nSPS) is 11.9. The standard InChI is InChI=1S/C22H23F2N5O/c1-14-20(15-10-26-28(11-15)13-22(2,3)25)29-9-5-8-19(21(29)27-14)30-12-16-17(23)6-4-7-18(16)24/h4-11H,12-13,25H2,1-3H3. The summed E-state index contributed by atoms with van der Waals surface area (Å²) in [7, 11) is 0. The minimum Gasteiger partial charge on any atom is -0.485 e. The van der Waals surface area contributed by atoms with E-state index < -0.39 is 11.6 Å². The van der Waals surface area contributed by atoms with Gasteiger partial charge in [0.05, 0.1) is 29.7 Å². The summed E-state index contributed by atoms with van der Waals surface area (Å²) >= 11 is 0. The first-order chi connectivity index (χ1) is 14.2. The second-order valence-corrected chi connectivity index (χ2v) is 8.02. The fraction of sp³-hybridized carbons (Fsp3) is 0.273. The van der Waals surface area contributed by atoms with Crippen molar-refractivity contribution in [1.29, 1.82) is 0 Å². The van der Waals surface area contributed by atoms with E-state index in [-0.39, 0.29) is 17.7 Å². The van der Waals surface area contributed by atoms with Gasteiger partial charge in [0.1, 0.15) is 18.2 Å². The van der Waals surface area contributed by atoms with E-state index in [1.54, 1.807) is 23.0 Å². The van der Waals surface area contributed by atoms with E-state index in [9.17, 15) is 8.78 Å². The van der Waals surface area contributed by atoms with E-state index in [4.69, 9.17) is 10.5 Å². The third kappa shape index (κ3) is 3.91. The van der Waals surface area contributed by atoms with Gasteiger partial charge in [-0.15, -0.1) is 0 Å². The van der Waals surface area contributed by atoms with E-state index >= 15 is 0 Å². The molecule has 1 aromatic carbocycles. The molecule has 0 amide bonds. The summed E-state index contributed by atoms with van der Waals surface area (Å²) in [5, 5.41) is 4.40. The topological polar surface area (TPSA) is 70.4 Å². The second kappa shape index (κ2) is 7.53. The molecule has 2 N–H and O–H groups in total. The summed E-state index contributed by atoms with van der Waals surface area (Å²) in [5.41, 5.74) is 8.69. The number of pyridine rings is 1. The fourth-order valence-corrected chi connectivity index (χ4v) is 3.43. The van der Waals surface area contributed by atoms with Crippen molar-refractivity contribution in [3.63, 3.8) is 0 Å². The Labute approximate surface area is 172 Å². The zero-order chi connectivity index (χ0) is 21.5. The molecule has 0 saturated carbocycles. The van der Waals surface area contributed by atoms with Crippen LogP contribution < -0.4 is 10.5 Å². The summed E-state index contributed by atoms with van der Waals surface area (Å²) in [4.78, 5) is 4.62. The van der Waals surface area contributed by atoms with Gasteiger partial charge in [-0.3, -0.25) is 9.08 Å². The van der Waals surface area contributed by atoms with Gasteiger partial charge in [0.2, 0.25) is 0 Å². The maximum absolute atomic E-state index is 13.9. The van der Waals surface area contributed by atoms with Crippen LogP contribution in [0.25, 0.3) is 16.9 Å². The van der Waals surface area contributed by atoms with Crippen LogP contribution in [0.2, 0.25) is 0 Å². The van der Waals surface area contributed by atoms with Crippen LogP contribution in [0.1, 0.15) is 25.1 Å². The molecule has 156 valence electrons. The third-order valence-electron chi connectivity index (χ3n) is 4.70. The number of nitrogens with zero attached hydrogens (tertiary/aromatic N) is 4. The van der Waals surface area contributed by atoms with E-state index in [2.05, 4.69) is 10.1 Å². The Morgan fingerprint density at radius 2 is 1.87 bits per heavy atom. The summed E-state index contributed by atoms with van der Waals surface area (Å²) in [6.45, 7) is 6.12. The molecule has 0 bridgehead atoms. The molecule has 0 saturated heterocycles. The highest BCUT2D eigenvalue weighted by Gasteiger charge is 2.18. The largest absolute Gasteiger partial charge is 0.485 e. The number of aromatic nitrogens is 4. The number of benzene rings is 1. The molecule has 0 unspecified atom stereocenters. The Balaban J connectivity index is 1.67. The molecule has 8 heteroatoms. The predicted molar refractivity (Wildman–Crippen MR) is 110 cm³/mol. The molecular formula is C22H23F2N5O. The average Bonchev–Trinajstić information content (AvgIpc) is 3.23. The number of ether oxygens (including phenoxy) is 1. The van der Waals surface area contributed by atoms with Gasteiger partial charge in [0.15, 0.2) is 11.4 Å². The van der Waals surface area contributed by atoms with E-state index in [0.717, 1.165) is 17.0 Å². The smallest absolute Gasteiger partial charge is 0.180 e. The van der Waals surface area contributed by atoms with Crippen LogP contribution in [0, 0.1) is 18.6 Å². The summed E-state index contributed by atoms with van der Waals surface area (Å²) in [6, 6.07) is 7.27. The van der Waals surface area contributed by atoms with Crippen LogP contribution >= 0.6 is 0 Å². The Hall–Kier alpha value is -3.26. The van der Waals surface area contributed by atoms with E-state index in [0.29, 0.717) is 17.9 Å². The Bertz CT molecular complexity index is 1190. The van der Waals surface area contributed by atoms with Crippen LogP contribution in [0.15, 0.2) is 48.9 Å². The van der Waals surface area contributed by atoms with E-state index in [1.807, 2.05) is 37.6 Å². The van der Waals surface area contributed by atoms with Crippen LogP contribution in [0.4, 0.5) is 8.78 Å². The lowest BCUT2D eigenvalue weighted by atomic mass is 10.1. The maximum atomic E-state index is 13.9. The van der Waals surface area contributed by atoms with Gasteiger partial charge in [-0.05, 0) is 45.0 Å². The number of imidazole rings is 1. The zero-order valence-electron chi connectivity index (χ0n) is 17.1. The van der Waals surface area contributed by atoms with Gasteiger partial charge >= 0.3 is 0 Å². The Kier molecular flexibility index (Phi) is 5.03. The van der Waals surface area contributed by atoms with Gasteiger partial charge < -0.3 is 10.5 Å². The molecule has 0 radical (unpaired) electrons. The fourth-order valence-electron chi connectivity index (χ4n) is 3.43. The molecule has 3 aromatic heterocycles. The maximum Gasteiger partial charge on any atom is 0.180 e. The number of hydrogen-bond acceptors (Lipinski definition) is 4. The second-order valence-electron chi connectivity index (χ2n) is 8.02. The van der Waals surface area contributed by atoms with Crippen molar-refractivity contribution in [1.82, 2.24) is 19.2 Å². The van der Waals surface area contributed by atoms with Crippen LogP contribution in [0.3, 0.4) is 0 Å². The number of nitrogens with two attached hydrogens (primary N) is 1. The molecule has 0 spiro atoms. The zero-order valence-corrected chi connectivity index (χ0v) is 17.1. The van der Waals surface area contributed by atoms with E-state index in [1.165, 1.54) is 18.2 Å². The molecule has 0 aliphatic carbocycles. The minimum atomic E-state index is -0.641. The van der Waals surface area contributed by atoms with Crippen molar-refractivity contribution in [2.75, 3.05) is 0 Å². The van der Waals surface area contributed by atoms with Crippen molar-refractivity contribution >= 4 is 5.65 Å². The molecule has 0 aliphatic heterocycles. The highest BCUT2D eigenvalue weighted by Crippen LogP contribution is 2.29. The van der Waals surface area contributed by atoms with Gasteiger partial charge in [0.25, 0.3) is 0 Å². The molecule has 4 rings (SSSR count). The molecule has 0 atom stereocenters. The highest BCUT2D eigenvalue weighted by atomic mass is 19.1. The van der Waals surface area contributed by atoms with Crippen molar-refractivity contribution in [3.05, 3.63) is 71.8 Å². The first-order valence-corrected chi connectivity index (χ1v) is 9.58. The predicted octanol–water partition coefficient (Wildman–Crippen LogP) is 4.10. The molecule has 3 heterocycles. The van der Waals surface area contributed by atoms with Gasteiger partial charge in [-0.2, -0.15) is 5.10 Å². The average molecular weight is 411 g/mol. The Morgan fingerprint density at radius 3 is 2.57 bits per heavy atom. The third-order valence-corrected chi connectivity index (χ3v) is 4.70. The van der Waals surface area contributed by atoms with Gasteiger partial charge in [0, 0.05) is 23.5 Å². The first kappa shape index (κ1) is 20.0. The lowest BCUT2D eigenvalue weighted by molar-refractivity contribution is 0.294. The van der Waals surface area contributed by atoms with Crippen LogP contribution in [-0.2, 0) is 13.2 Å². The number of fused-ring (bicyclic) bond motifs is 1. The monoisotopic (exact) mass is 411 g/mol. The number of hydrogen-bond donors (Lipinski definition) is 1. The SMILES string of the molecule is Cc1nc2c(OCc3c(F)cccc3F)cccn2c1-c1cnn(CC(C)(C)N)c1. The summed E-state index contributed by atoms with van der Waals surface area (Å²) < 4.78 is 37.3. The number of rotatable bonds is 6. The van der Waals surface area contributed by atoms with Gasteiger partial charge in [-0.1, -0.05) is 6.07 Å². The molecule has 0 fully saturated rings. The number of aryl methyl sites for hydroxylation is 1. The van der Waals surface area contributed by atoms with Crippen LogP contribution in [0.5, 0.6) is 5.75 Å². The molecule has 0 aliphatic rings.